The predicted molar refractivity (Wildman–Crippen MR) is 130 cm³/mol. The molecule has 15 heteroatoms. The zero-order chi connectivity index (χ0) is 28.7. The van der Waals surface area contributed by atoms with E-state index in [-0.39, 0.29) is 22.2 Å². The molecule has 1 amide bonds. The van der Waals surface area contributed by atoms with Gasteiger partial charge in [-0.2, -0.15) is 17.9 Å². The lowest BCUT2D eigenvalue weighted by molar-refractivity contribution is -0.137. The van der Waals surface area contributed by atoms with E-state index < -0.39 is 62.4 Å². The van der Waals surface area contributed by atoms with Crippen molar-refractivity contribution < 1.29 is 35.2 Å². The number of hydrogen-bond donors (Lipinski definition) is 2. The molecule has 2 heterocycles. The number of amides is 1. The van der Waals surface area contributed by atoms with Crippen molar-refractivity contribution in [1.29, 1.82) is 0 Å². The normalized spacial score (nSPS) is 13.0. The van der Waals surface area contributed by atoms with E-state index in [1.807, 2.05) is 0 Å². The van der Waals surface area contributed by atoms with Crippen molar-refractivity contribution in [3.63, 3.8) is 0 Å². The van der Waals surface area contributed by atoms with Gasteiger partial charge in [0.25, 0.3) is 15.6 Å². The van der Waals surface area contributed by atoms with Gasteiger partial charge in [-0.05, 0) is 49.4 Å². The van der Waals surface area contributed by atoms with Crippen molar-refractivity contribution in [3.05, 3.63) is 92.5 Å². The van der Waals surface area contributed by atoms with Gasteiger partial charge < -0.3 is 9.73 Å². The summed E-state index contributed by atoms with van der Waals surface area (Å²) in [5, 5.41) is 2.04. The third-order valence-corrected chi connectivity index (χ3v) is 7.12. The van der Waals surface area contributed by atoms with Gasteiger partial charge in [-0.1, -0.05) is 0 Å². The molecule has 206 valence electrons. The summed E-state index contributed by atoms with van der Waals surface area (Å²) in [5.74, 6) is -1.43. The quantitative estimate of drug-likeness (QED) is 0.329. The third kappa shape index (κ3) is 5.78. The second kappa shape index (κ2) is 10.1. The predicted octanol–water partition coefficient (Wildman–Crippen LogP) is 2.42. The van der Waals surface area contributed by atoms with Crippen molar-refractivity contribution in [3.8, 4) is 5.69 Å². The van der Waals surface area contributed by atoms with Crippen LogP contribution in [0.2, 0.25) is 0 Å². The van der Waals surface area contributed by atoms with Gasteiger partial charge in [0, 0.05) is 31.2 Å². The van der Waals surface area contributed by atoms with Crippen molar-refractivity contribution in [2.75, 3.05) is 0 Å². The van der Waals surface area contributed by atoms with Crippen LogP contribution in [0.4, 0.5) is 17.6 Å². The molecule has 0 saturated heterocycles. The topological polar surface area (TPSA) is 132 Å². The molecule has 0 aliphatic carbocycles. The molecule has 0 spiro atoms. The number of halogens is 4. The zero-order valence-electron chi connectivity index (χ0n) is 20.2. The van der Waals surface area contributed by atoms with E-state index in [0.717, 1.165) is 64.8 Å². The van der Waals surface area contributed by atoms with Crippen molar-refractivity contribution in [1.82, 2.24) is 19.2 Å². The van der Waals surface area contributed by atoms with Crippen molar-refractivity contribution in [2.45, 2.75) is 30.8 Å². The first-order valence-electron chi connectivity index (χ1n) is 11.2. The Kier molecular flexibility index (Phi) is 7.23. The SMILES string of the molecule is C[C@H](NS(=O)(=O)c1cc2cc(F)ccc2o1)C(=O)NCc1cn(-c2ccc(C(F)(F)F)cc2)c(=O)n(C)c1=O. The number of hydrogen-bond acceptors (Lipinski definition) is 6. The number of sulfonamides is 1. The molecule has 2 aromatic carbocycles. The van der Waals surface area contributed by atoms with Crippen molar-refractivity contribution >= 4 is 26.9 Å². The number of alkyl halides is 3. The van der Waals surface area contributed by atoms with Gasteiger partial charge in [-0.15, -0.1) is 0 Å². The fraction of sp³-hybridized carbons (Fsp3) is 0.208. The maximum atomic E-state index is 13.4. The van der Waals surface area contributed by atoms with Gasteiger partial charge >= 0.3 is 11.9 Å². The summed E-state index contributed by atoms with van der Waals surface area (Å²) in [5.41, 5.74) is -2.47. The van der Waals surface area contributed by atoms with E-state index in [1.54, 1.807) is 0 Å². The smallest absolute Gasteiger partial charge is 0.416 e. The van der Waals surface area contributed by atoms with Crippen molar-refractivity contribution in [2.24, 2.45) is 7.05 Å². The highest BCUT2D eigenvalue weighted by Gasteiger charge is 2.30. The number of fused-ring (bicyclic) bond motifs is 1. The molecule has 0 aliphatic heterocycles. The second-order valence-corrected chi connectivity index (χ2v) is 10.2. The van der Waals surface area contributed by atoms with Crippen LogP contribution in [0.3, 0.4) is 0 Å². The van der Waals surface area contributed by atoms with Crippen LogP contribution in [0.25, 0.3) is 16.7 Å². The van der Waals surface area contributed by atoms with Gasteiger partial charge in [-0.25, -0.2) is 17.6 Å². The number of carbonyl (C=O) groups is 1. The molecule has 10 nitrogen and oxygen atoms in total. The lowest BCUT2D eigenvalue weighted by Crippen LogP contribution is -2.46. The molecule has 0 unspecified atom stereocenters. The first kappa shape index (κ1) is 27.8. The van der Waals surface area contributed by atoms with Gasteiger partial charge in [0.05, 0.1) is 22.9 Å². The third-order valence-electron chi connectivity index (χ3n) is 5.73. The van der Waals surface area contributed by atoms with Crippen LogP contribution in [0.5, 0.6) is 0 Å². The lowest BCUT2D eigenvalue weighted by Gasteiger charge is -2.15. The van der Waals surface area contributed by atoms with Crippen LogP contribution in [0.15, 0.2) is 73.8 Å². The molecule has 0 saturated carbocycles. The molecule has 0 bridgehead atoms. The summed E-state index contributed by atoms with van der Waals surface area (Å²) in [7, 11) is -3.17. The number of benzene rings is 2. The van der Waals surface area contributed by atoms with E-state index >= 15 is 0 Å². The Morgan fingerprint density at radius 3 is 2.38 bits per heavy atom. The Labute approximate surface area is 217 Å². The highest BCUT2D eigenvalue weighted by Crippen LogP contribution is 2.29. The zero-order valence-corrected chi connectivity index (χ0v) is 21.1. The van der Waals surface area contributed by atoms with Gasteiger partial charge in [0.1, 0.15) is 11.4 Å². The van der Waals surface area contributed by atoms with Crippen LogP contribution in [0, 0.1) is 5.82 Å². The molecule has 0 fully saturated rings. The molecule has 0 radical (unpaired) electrons. The molecule has 1 atom stereocenters. The summed E-state index contributed by atoms with van der Waals surface area (Å²) in [6.45, 7) is 0.804. The van der Waals surface area contributed by atoms with Crippen LogP contribution in [-0.2, 0) is 34.6 Å². The fourth-order valence-electron chi connectivity index (χ4n) is 3.65. The second-order valence-electron chi connectivity index (χ2n) is 8.52. The molecule has 2 aromatic heterocycles. The maximum Gasteiger partial charge on any atom is 0.416 e. The average Bonchev–Trinajstić information content (AvgIpc) is 3.30. The van der Waals surface area contributed by atoms with E-state index in [4.69, 9.17) is 4.42 Å². The monoisotopic (exact) mass is 568 g/mol. The van der Waals surface area contributed by atoms with E-state index in [2.05, 4.69) is 10.0 Å². The molecule has 0 aliphatic rings. The standard InChI is InChI=1S/C24H20F4N4O6S/c1-13(30-39(36,37)20-10-14-9-17(25)5-8-19(14)38-20)21(33)29-11-15-12-32(23(35)31(2)22(15)34)18-6-3-16(4-7-18)24(26,27)28/h3-10,12-13,30H,11H2,1-2H3,(H,29,33)/t13-/m0/s1. The Hall–Kier alpha value is -4.24. The molecule has 39 heavy (non-hydrogen) atoms. The summed E-state index contributed by atoms with van der Waals surface area (Å²) < 4.78 is 86.3. The molecule has 4 aromatic rings. The Bertz CT molecular complexity index is 1790. The highest BCUT2D eigenvalue weighted by molar-refractivity contribution is 7.89. The summed E-state index contributed by atoms with van der Waals surface area (Å²) in [4.78, 5) is 37.7. The molecular weight excluding hydrogens is 548 g/mol. The van der Waals surface area contributed by atoms with Gasteiger partial charge in [0.15, 0.2) is 0 Å². The molecular formula is C24H20F4N4O6S. The van der Waals surface area contributed by atoms with E-state index in [1.165, 1.54) is 13.0 Å². The Morgan fingerprint density at radius 2 is 1.74 bits per heavy atom. The minimum Gasteiger partial charge on any atom is -0.443 e. The van der Waals surface area contributed by atoms with Gasteiger partial charge in [-0.3, -0.25) is 18.7 Å². The number of rotatable bonds is 7. The highest BCUT2D eigenvalue weighted by atomic mass is 32.2. The van der Waals surface area contributed by atoms with Crippen LogP contribution < -0.4 is 21.3 Å². The minimum atomic E-state index is -4.58. The molecule has 2 N–H and O–H groups in total. The molecule has 4 rings (SSSR count). The van der Waals surface area contributed by atoms with Gasteiger partial charge in [0.2, 0.25) is 11.0 Å². The first-order chi connectivity index (χ1) is 18.2. The Balaban J connectivity index is 1.50. The lowest BCUT2D eigenvalue weighted by atomic mass is 10.2. The summed E-state index contributed by atoms with van der Waals surface area (Å²) in [6, 6.07) is 6.85. The minimum absolute atomic E-state index is 0.0445. The number of furan rings is 1. The van der Waals surface area contributed by atoms with Crippen LogP contribution in [0.1, 0.15) is 18.1 Å². The largest absolute Gasteiger partial charge is 0.443 e. The van der Waals surface area contributed by atoms with E-state index in [0.29, 0.717) is 0 Å². The van der Waals surface area contributed by atoms with Crippen LogP contribution in [-0.4, -0.2) is 29.5 Å². The number of aromatic nitrogens is 2. The maximum absolute atomic E-state index is 13.4. The van der Waals surface area contributed by atoms with E-state index in [9.17, 15) is 40.4 Å². The first-order valence-corrected chi connectivity index (χ1v) is 12.6. The number of carbonyl (C=O) groups excluding carboxylic acids is 1. The number of nitrogens with one attached hydrogen (secondary N) is 2. The average molecular weight is 569 g/mol. The van der Waals surface area contributed by atoms with Crippen LogP contribution >= 0.6 is 0 Å². The number of nitrogens with zero attached hydrogens (tertiary/aromatic N) is 2. The Morgan fingerprint density at radius 1 is 1.08 bits per heavy atom. The summed E-state index contributed by atoms with van der Waals surface area (Å²) in [6.07, 6.45) is -3.50. The summed E-state index contributed by atoms with van der Waals surface area (Å²) >= 11 is 0. The fourth-order valence-corrected chi connectivity index (χ4v) is 4.82.